The van der Waals surface area contributed by atoms with E-state index >= 15 is 0 Å². The molecule has 2 heterocycles. The first kappa shape index (κ1) is 9.08. The molecule has 14 heavy (non-hydrogen) atoms. The van der Waals surface area contributed by atoms with Gasteiger partial charge in [0, 0.05) is 19.3 Å². The molecule has 0 bridgehead atoms. The lowest BCUT2D eigenvalue weighted by Crippen LogP contribution is -2.35. The fourth-order valence-corrected chi connectivity index (χ4v) is 1.51. The van der Waals surface area contributed by atoms with Crippen LogP contribution in [0.2, 0.25) is 0 Å². The fourth-order valence-electron chi connectivity index (χ4n) is 1.51. The molecule has 1 saturated heterocycles. The van der Waals surface area contributed by atoms with Crippen molar-refractivity contribution in [3.8, 4) is 0 Å². The van der Waals surface area contributed by atoms with Gasteiger partial charge in [0.15, 0.2) is 0 Å². The summed E-state index contributed by atoms with van der Waals surface area (Å²) in [6.07, 6.45) is 1.72. The maximum Gasteiger partial charge on any atom is 0.352 e. The largest absolute Gasteiger partial charge is 0.477 e. The van der Waals surface area contributed by atoms with Crippen LogP contribution in [0, 0.1) is 0 Å². The molecule has 0 unspecified atom stereocenters. The second kappa shape index (κ2) is 3.71. The fraction of sp³-hybridized carbons (Fsp3) is 0.444. The third kappa shape index (κ3) is 1.72. The van der Waals surface area contributed by atoms with Gasteiger partial charge in [0.25, 0.3) is 0 Å². The zero-order valence-electron chi connectivity index (χ0n) is 7.69. The number of hydrogen-bond acceptors (Lipinski definition) is 3. The summed E-state index contributed by atoms with van der Waals surface area (Å²) in [7, 11) is 0. The number of rotatable bonds is 2. The molecule has 0 aliphatic carbocycles. The van der Waals surface area contributed by atoms with Gasteiger partial charge in [-0.3, -0.25) is 0 Å². The van der Waals surface area contributed by atoms with Crippen LogP contribution in [0.4, 0.5) is 5.69 Å². The molecular formula is C9H12N2O3. The summed E-state index contributed by atoms with van der Waals surface area (Å²) >= 11 is 0. The maximum atomic E-state index is 10.6. The van der Waals surface area contributed by atoms with Crippen molar-refractivity contribution < 1.29 is 14.6 Å². The third-order valence-corrected chi connectivity index (χ3v) is 2.27. The number of nitrogens with one attached hydrogen (secondary N) is 1. The molecule has 1 aromatic rings. The number of H-pyrrole nitrogens is 1. The van der Waals surface area contributed by atoms with Crippen molar-refractivity contribution in [2.45, 2.75) is 0 Å². The second-order valence-corrected chi connectivity index (χ2v) is 3.18. The molecule has 1 fully saturated rings. The molecule has 1 aromatic heterocycles. The van der Waals surface area contributed by atoms with Gasteiger partial charge in [-0.25, -0.2) is 4.79 Å². The molecule has 0 spiro atoms. The van der Waals surface area contributed by atoms with E-state index in [2.05, 4.69) is 9.88 Å². The molecule has 2 rings (SSSR count). The minimum Gasteiger partial charge on any atom is -0.477 e. The smallest absolute Gasteiger partial charge is 0.352 e. The lowest BCUT2D eigenvalue weighted by Gasteiger charge is -2.27. The summed E-state index contributed by atoms with van der Waals surface area (Å²) in [5.41, 5.74) is 1.15. The third-order valence-electron chi connectivity index (χ3n) is 2.27. The highest BCUT2D eigenvalue weighted by Crippen LogP contribution is 2.16. The van der Waals surface area contributed by atoms with Crippen molar-refractivity contribution in [3.63, 3.8) is 0 Å². The maximum absolute atomic E-state index is 10.6. The molecule has 5 nitrogen and oxygen atoms in total. The van der Waals surface area contributed by atoms with E-state index in [1.165, 1.54) is 0 Å². The Balaban J connectivity index is 2.11. The number of carbonyl (C=O) groups is 1. The minimum absolute atomic E-state index is 0.228. The van der Waals surface area contributed by atoms with Crippen LogP contribution in [0.5, 0.6) is 0 Å². The van der Waals surface area contributed by atoms with Gasteiger partial charge in [-0.15, -0.1) is 0 Å². The molecule has 1 aliphatic rings. The highest BCUT2D eigenvalue weighted by atomic mass is 16.5. The number of morpholine rings is 1. The van der Waals surface area contributed by atoms with Crippen molar-refractivity contribution in [3.05, 3.63) is 18.0 Å². The highest BCUT2D eigenvalue weighted by Gasteiger charge is 2.14. The lowest BCUT2D eigenvalue weighted by molar-refractivity contribution is 0.0691. The Morgan fingerprint density at radius 1 is 1.50 bits per heavy atom. The summed E-state index contributed by atoms with van der Waals surface area (Å²) in [4.78, 5) is 15.4. The van der Waals surface area contributed by atoms with E-state index in [0.29, 0.717) is 13.2 Å². The molecule has 0 aromatic carbocycles. The summed E-state index contributed by atoms with van der Waals surface area (Å²) in [6, 6.07) is 1.65. The Hall–Kier alpha value is -1.49. The van der Waals surface area contributed by atoms with Crippen LogP contribution in [0.25, 0.3) is 0 Å². The Kier molecular flexibility index (Phi) is 2.41. The standard InChI is InChI=1S/C9H12N2O3/c12-9(13)8-5-7(6-10-8)11-1-3-14-4-2-11/h5-6,10H,1-4H2,(H,12,13). The molecule has 0 amide bonds. The van der Waals surface area contributed by atoms with Gasteiger partial charge in [0.2, 0.25) is 0 Å². The van der Waals surface area contributed by atoms with Gasteiger partial charge in [-0.1, -0.05) is 0 Å². The SMILES string of the molecule is O=C(O)c1cc(N2CCOCC2)c[nH]1. The van der Waals surface area contributed by atoms with E-state index in [4.69, 9.17) is 9.84 Å². The molecule has 0 radical (unpaired) electrons. The number of aromatic amines is 1. The average molecular weight is 196 g/mol. The number of aromatic nitrogens is 1. The van der Waals surface area contributed by atoms with Crippen molar-refractivity contribution in [1.82, 2.24) is 4.98 Å². The van der Waals surface area contributed by atoms with Crippen LogP contribution in [-0.2, 0) is 4.74 Å². The van der Waals surface area contributed by atoms with Crippen LogP contribution in [0.3, 0.4) is 0 Å². The van der Waals surface area contributed by atoms with Crippen molar-refractivity contribution in [2.75, 3.05) is 31.2 Å². The molecule has 2 N–H and O–H groups in total. The zero-order valence-corrected chi connectivity index (χ0v) is 7.69. The average Bonchev–Trinajstić information content (AvgIpc) is 2.68. The number of carboxylic acids is 1. The molecule has 76 valence electrons. The van der Waals surface area contributed by atoms with E-state index < -0.39 is 5.97 Å². The Labute approximate surface area is 81.3 Å². The summed E-state index contributed by atoms with van der Waals surface area (Å²) in [5, 5.41) is 8.72. The zero-order chi connectivity index (χ0) is 9.97. The van der Waals surface area contributed by atoms with Gasteiger partial charge < -0.3 is 19.7 Å². The monoisotopic (exact) mass is 196 g/mol. The molecule has 0 saturated carbocycles. The molecule has 0 atom stereocenters. The van der Waals surface area contributed by atoms with E-state index in [-0.39, 0.29) is 5.69 Å². The normalized spacial score (nSPS) is 17.0. The van der Waals surface area contributed by atoms with Gasteiger partial charge in [-0.05, 0) is 6.07 Å². The molecule has 5 heteroatoms. The minimum atomic E-state index is -0.926. The van der Waals surface area contributed by atoms with Gasteiger partial charge >= 0.3 is 5.97 Å². The predicted octanol–water partition coefficient (Wildman–Crippen LogP) is 0.550. The van der Waals surface area contributed by atoms with Crippen LogP contribution >= 0.6 is 0 Å². The topological polar surface area (TPSA) is 65.6 Å². The number of hydrogen-bond donors (Lipinski definition) is 2. The molecular weight excluding hydrogens is 184 g/mol. The van der Waals surface area contributed by atoms with Gasteiger partial charge in [-0.2, -0.15) is 0 Å². The van der Waals surface area contributed by atoms with Crippen molar-refractivity contribution >= 4 is 11.7 Å². The Morgan fingerprint density at radius 2 is 2.21 bits per heavy atom. The summed E-state index contributed by atoms with van der Waals surface area (Å²) in [5.74, 6) is -0.926. The van der Waals surface area contributed by atoms with E-state index in [0.717, 1.165) is 18.8 Å². The van der Waals surface area contributed by atoms with E-state index in [1.807, 2.05) is 0 Å². The first-order valence-corrected chi connectivity index (χ1v) is 4.52. The van der Waals surface area contributed by atoms with Gasteiger partial charge in [0.1, 0.15) is 5.69 Å². The first-order chi connectivity index (χ1) is 6.77. The number of nitrogens with zero attached hydrogens (tertiary/aromatic N) is 1. The second-order valence-electron chi connectivity index (χ2n) is 3.18. The number of anilines is 1. The predicted molar refractivity (Wildman–Crippen MR) is 50.8 cm³/mol. The number of aromatic carboxylic acids is 1. The quantitative estimate of drug-likeness (QED) is 0.725. The number of carboxylic acid groups (broad SMARTS) is 1. The Morgan fingerprint density at radius 3 is 2.79 bits per heavy atom. The van der Waals surface area contributed by atoms with Crippen LogP contribution in [0.15, 0.2) is 12.3 Å². The summed E-state index contributed by atoms with van der Waals surface area (Å²) < 4.78 is 5.21. The van der Waals surface area contributed by atoms with Crippen LogP contribution in [-0.4, -0.2) is 42.4 Å². The van der Waals surface area contributed by atoms with E-state index in [9.17, 15) is 4.79 Å². The number of ether oxygens (including phenoxy) is 1. The van der Waals surface area contributed by atoms with Crippen LogP contribution < -0.4 is 4.90 Å². The van der Waals surface area contributed by atoms with Crippen LogP contribution in [0.1, 0.15) is 10.5 Å². The Bertz CT molecular complexity index is 329. The van der Waals surface area contributed by atoms with Crippen molar-refractivity contribution in [2.24, 2.45) is 0 Å². The lowest BCUT2D eigenvalue weighted by atomic mass is 10.3. The summed E-state index contributed by atoms with van der Waals surface area (Å²) in [6.45, 7) is 3.04. The molecule has 1 aliphatic heterocycles. The van der Waals surface area contributed by atoms with Gasteiger partial charge in [0.05, 0.1) is 18.9 Å². The van der Waals surface area contributed by atoms with Crippen molar-refractivity contribution in [1.29, 1.82) is 0 Å². The van der Waals surface area contributed by atoms with E-state index in [1.54, 1.807) is 12.3 Å². The highest BCUT2D eigenvalue weighted by molar-refractivity contribution is 5.87. The first-order valence-electron chi connectivity index (χ1n) is 4.52.